The van der Waals surface area contributed by atoms with E-state index < -0.39 is 17.6 Å². The van der Waals surface area contributed by atoms with Crippen molar-refractivity contribution in [1.82, 2.24) is 24.3 Å². The number of carbonyl (C=O) groups excluding carboxylic acids is 1. The summed E-state index contributed by atoms with van der Waals surface area (Å²) in [7, 11) is 0. The van der Waals surface area contributed by atoms with Gasteiger partial charge in [-0.2, -0.15) is 0 Å². The third kappa shape index (κ3) is 4.53. The van der Waals surface area contributed by atoms with Crippen LogP contribution in [0.15, 0.2) is 18.6 Å². The van der Waals surface area contributed by atoms with Gasteiger partial charge in [0.2, 0.25) is 0 Å². The van der Waals surface area contributed by atoms with Crippen LogP contribution in [0.4, 0.5) is 10.6 Å². The molecule has 2 aromatic heterocycles. The van der Waals surface area contributed by atoms with Crippen LogP contribution in [0, 0.1) is 0 Å². The Morgan fingerprint density at radius 1 is 1.16 bits per heavy atom. The van der Waals surface area contributed by atoms with E-state index >= 15 is 0 Å². The molecule has 0 radical (unpaired) electrons. The van der Waals surface area contributed by atoms with Crippen LogP contribution < -0.4 is 5.73 Å². The second-order valence-electron chi connectivity index (χ2n) is 12.6. The first-order valence-corrected chi connectivity index (χ1v) is 13.8. The molecule has 4 aliphatic rings. The molecule has 38 heavy (non-hydrogen) atoms. The number of hydrogen-bond donors (Lipinski definition) is 1. The number of piperidine rings is 1. The second-order valence-corrected chi connectivity index (χ2v) is 12.6. The molecule has 1 spiro atoms. The summed E-state index contributed by atoms with van der Waals surface area (Å²) >= 11 is 0. The van der Waals surface area contributed by atoms with Gasteiger partial charge in [0, 0.05) is 31.4 Å². The van der Waals surface area contributed by atoms with E-state index in [1.54, 1.807) is 0 Å². The lowest BCUT2D eigenvalue weighted by Gasteiger charge is -2.46. The topological polar surface area (TPSA) is 117 Å². The zero-order chi connectivity index (χ0) is 26.9. The molecule has 2 N–H and O–H groups in total. The molecule has 4 saturated heterocycles. The van der Waals surface area contributed by atoms with Crippen molar-refractivity contribution >= 4 is 22.9 Å². The van der Waals surface area contributed by atoms with Gasteiger partial charge in [-0.25, -0.2) is 14.8 Å². The molecule has 6 rings (SSSR count). The molecule has 11 nitrogen and oxygen atoms in total. The second kappa shape index (κ2) is 9.04. The summed E-state index contributed by atoms with van der Waals surface area (Å²) in [6.45, 7) is 12.7. The summed E-state index contributed by atoms with van der Waals surface area (Å²) in [6, 6.07) is 1.92. The van der Waals surface area contributed by atoms with E-state index in [1.807, 2.05) is 56.3 Å². The van der Waals surface area contributed by atoms with E-state index in [0.29, 0.717) is 24.6 Å². The Kier molecular flexibility index (Phi) is 6.14. The quantitative estimate of drug-likeness (QED) is 0.640. The molecule has 0 bridgehead atoms. The number of hydrogen-bond acceptors (Lipinski definition) is 9. The fourth-order valence-corrected chi connectivity index (χ4v) is 6.78. The van der Waals surface area contributed by atoms with Crippen LogP contribution in [-0.4, -0.2) is 91.8 Å². The number of aromatic nitrogens is 3. The van der Waals surface area contributed by atoms with Crippen LogP contribution in [0.1, 0.15) is 66.5 Å². The molecule has 6 heterocycles. The van der Waals surface area contributed by atoms with Crippen molar-refractivity contribution in [3.8, 4) is 0 Å². The summed E-state index contributed by atoms with van der Waals surface area (Å²) in [4.78, 5) is 25.9. The maximum Gasteiger partial charge on any atom is 0.410 e. The minimum Gasteiger partial charge on any atom is -0.444 e. The van der Waals surface area contributed by atoms with Gasteiger partial charge in [-0.3, -0.25) is 4.90 Å². The number of anilines is 1. The zero-order valence-electron chi connectivity index (χ0n) is 23.1. The monoisotopic (exact) mass is 528 g/mol. The predicted octanol–water partition coefficient (Wildman–Crippen LogP) is 3.30. The number of nitrogens with zero attached hydrogens (tertiary/aromatic N) is 5. The zero-order valence-corrected chi connectivity index (χ0v) is 23.1. The number of fused-ring (bicyclic) bond motifs is 2. The first-order valence-electron chi connectivity index (χ1n) is 13.8. The molecule has 5 atom stereocenters. The molecule has 0 saturated carbocycles. The molecular weight excluding hydrogens is 488 g/mol. The molecule has 2 aromatic rings. The normalized spacial score (nSPS) is 33.3. The van der Waals surface area contributed by atoms with Crippen molar-refractivity contribution in [3.63, 3.8) is 0 Å². The average Bonchev–Trinajstić information content (AvgIpc) is 3.57. The fourth-order valence-electron chi connectivity index (χ4n) is 6.78. The smallest absolute Gasteiger partial charge is 0.410 e. The highest BCUT2D eigenvalue weighted by atomic mass is 16.8. The lowest BCUT2D eigenvalue weighted by atomic mass is 9.86. The maximum atomic E-state index is 12.9. The van der Waals surface area contributed by atoms with Crippen LogP contribution in [0.2, 0.25) is 0 Å². The third-order valence-electron chi connectivity index (χ3n) is 8.29. The molecule has 4 fully saturated rings. The van der Waals surface area contributed by atoms with Crippen LogP contribution in [0.25, 0.3) is 11.0 Å². The molecule has 208 valence electrons. The maximum absolute atomic E-state index is 12.9. The summed E-state index contributed by atoms with van der Waals surface area (Å²) in [5, 5.41) is 0.789. The van der Waals surface area contributed by atoms with Gasteiger partial charge in [0.15, 0.2) is 12.0 Å². The average molecular weight is 529 g/mol. The Labute approximate surface area is 223 Å². The van der Waals surface area contributed by atoms with Crippen molar-refractivity contribution in [2.45, 2.75) is 102 Å². The van der Waals surface area contributed by atoms with E-state index in [9.17, 15) is 4.79 Å². The number of likely N-dealkylation sites (tertiary alicyclic amines) is 2. The molecule has 1 amide bonds. The van der Waals surface area contributed by atoms with Gasteiger partial charge in [-0.05, 0) is 72.9 Å². The molecule has 11 heteroatoms. The highest BCUT2D eigenvalue weighted by molar-refractivity contribution is 5.86. The molecule has 4 aliphatic heterocycles. The first-order chi connectivity index (χ1) is 17.9. The standard InChI is InChI=1S/C27H40N6O5/c1-25(2,3)38-24(34)31-11-6-9-27(15-31)10-7-12-32(27)14-18-19-20(37-26(4,5)36-19)23(35-18)33-13-8-17-21(28)29-16-30-22(17)33/h8,13,16,18-20,23H,6-7,9-12,14-15H2,1-5H3,(H2,28,29,30)/t18-,19-,20-,23-,27?/m1/s1. The summed E-state index contributed by atoms with van der Waals surface area (Å²) in [5.41, 5.74) is 6.22. The number of ether oxygens (including phenoxy) is 4. The van der Waals surface area contributed by atoms with Crippen LogP contribution >= 0.6 is 0 Å². The van der Waals surface area contributed by atoms with Gasteiger partial charge in [-0.1, -0.05) is 0 Å². The van der Waals surface area contributed by atoms with E-state index in [1.165, 1.54) is 6.33 Å². The Balaban J connectivity index is 1.24. The molecule has 0 aromatic carbocycles. The van der Waals surface area contributed by atoms with E-state index in [0.717, 1.165) is 44.2 Å². The SMILES string of the molecule is CC(C)(C)OC(=O)N1CCCC2(CCCN2C[C@H]2O[C@@H](n3ccc4c(N)ncnc43)[C@@H]3OC(C)(C)O[C@@H]32)C1. The fraction of sp³-hybridized carbons (Fsp3) is 0.741. The summed E-state index contributed by atoms with van der Waals surface area (Å²) < 4.78 is 27.2. The Bertz CT molecular complexity index is 1210. The van der Waals surface area contributed by atoms with Gasteiger partial charge in [0.25, 0.3) is 0 Å². The van der Waals surface area contributed by atoms with Gasteiger partial charge >= 0.3 is 6.09 Å². The summed E-state index contributed by atoms with van der Waals surface area (Å²) in [5.74, 6) is -0.275. The molecule has 1 unspecified atom stereocenters. The van der Waals surface area contributed by atoms with Crippen LogP contribution in [0.5, 0.6) is 0 Å². The lowest BCUT2D eigenvalue weighted by molar-refractivity contribution is -0.199. The van der Waals surface area contributed by atoms with E-state index in [2.05, 4.69) is 14.9 Å². The van der Waals surface area contributed by atoms with Gasteiger partial charge in [0.05, 0.1) is 5.39 Å². The van der Waals surface area contributed by atoms with Gasteiger partial charge < -0.3 is 34.1 Å². The van der Waals surface area contributed by atoms with Gasteiger partial charge in [0.1, 0.15) is 41.7 Å². The van der Waals surface area contributed by atoms with Crippen LogP contribution in [-0.2, 0) is 18.9 Å². The van der Waals surface area contributed by atoms with Crippen molar-refractivity contribution in [1.29, 1.82) is 0 Å². The summed E-state index contributed by atoms with van der Waals surface area (Å²) in [6.07, 6.45) is 6.22. The Morgan fingerprint density at radius 2 is 1.89 bits per heavy atom. The van der Waals surface area contributed by atoms with Gasteiger partial charge in [-0.15, -0.1) is 0 Å². The van der Waals surface area contributed by atoms with Crippen LogP contribution in [0.3, 0.4) is 0 Å². The first kappa shape index (κ1) is 25.8. The van der Waals surface area contributed by atoms with E-state index in [4.69, 9.17) is 24.7 Å². The molecular formula is C27H40N6O5. The van der Waals surface area contributed by atoms with Crippen molar-refractivity contribution in [2.75, 3.05) is 31.9 Å². The highest BCUT2D eigenvalue weighted by Gasteiger charge is 2.57. The molecule has 0 aliphatic carbocycles. The van der Waals surface area contributed by atoms with Crippen molar-refractivity contribution < 1.29 is 23.7 Å². The van der Waals surface area contributed by atoms with Crippen molar-refractivity contribution in [2.24, 2.45) is 0 Å². The lowest BCUT2D eigenvalue weighted by Crippen LogP contribution is -2.59. The number of rotatable bonds is 3. The minimum absolute atomic E-state index is 0.0805. The minimum atomic E-state index is -0.715. The number of nitrogen functional groups attached to an aromatic ring is 1. The number of nitrogens with two attached hydrogens (primary N) is 1. The Hall–Kier alpha value is -2.47. The third-order valence-corrected chi connectivity index (χ3v) is 8.29. The predicted molar refractivity (Wildman–Crippen MR) is 140 cm³/mol. The largest absolute Gasteiger partial charge is 0.444 e. The highest BCUT2D eigenvalue weighted by Crippen LogP contribution is 2.46. The van der Waals surface area contributed by atoms with E-state index in [-0.39, 0.29) is 29.9 Å². The number of carbonyl (C=O) groups is 1. The Morgan fingerprint density at radius 3 is 2.66 bits per heavy atom. The number of amides is 1. The van der Waals surface area contributed by atoms with Crippen molar-refractivity contribution in [3.05, 3.63) is 18.6 Å².